The highest BCUT2D eigenvalue weighted by Gasteiger charge is 2.08. The molecule has 0 heterocycles. The second kappa shape index (κ2) is 9.20. The summed E-state index contributed by atoms with van der Waals surface area (Å²) >= 11 is 6.22. The molecule has 5 heteroatoms. The minimum absolute atomic E-state index is 0.109. The van der Waals surface area contributed by atoms with Crippen LogP contribution in [0.1, 0.15) is 24.0 Å². The molecule has 136 valence electrons. The highest BCUT2D eigenvalue weighted by molar-refractivity contribution is 6.32. The maximum Gasteiger partial charge on any atom is 0.163 e. The first-order valence-corrected chi connectivity index (χ1v) is 8.70. The number of hydrogen-bond acceptors (Lipinski definition) is 4. The molecule has 0 saturated heterocycles. The number of phenolic OH excluding ortho intramolecular Hbond substituents is 1. The SMILES string of the molecule is CN(C)c1ccc(C=CC(=O)CC(=O)CCc2ccc(O)cc2)c(Cl)c1. The van der Waals surface area contributed by atoms with Crippen molar-refractivity contribution < 1.29 is 14.7 Å². The predicted octanol–water partition coefficient (Wildman–Crippen LogP) is 4.29. The van der Waals surface area contributed by atoms with Gasteiger partial charge in [-0.2, -0.15) is 0 Å². The lowest BCUT2D eigenvalue weighted by molar-refractivity contribution is -0.124. The average molecular weight is 372 g/mol. The van der Waals surface area contributed by atoms with Gasteiger partial charge in [0.05, 0.1) is 6.42 Å². The van der Waals surface area contributed by atoms with Crippen LogP contribution in [0, 0.1) is 0 Å². The Kier molecular flexibility index (Phi) is 6.98. The molecule has 0 saturated carbocycles. The summed E-state index contributed by atoms with van der Waals surface area (Å²) in [4.78, 5) is 25.9. The summed E-state index contributed by atoms with van der Waals surface area (Å²) in [6, 6.07) is 12.3. The molecule has 2 aromatic carbocycles. The largest absolute Gasteiger partial charge is 0.508 e. The van der Waals surface area contributed by atoms with E-state index in [1.807, 2.05) is 37.2 Å². The molecule has 0 bridgehead atoms. The molecule has 4 nitrogen and oxygen atoms in total. The van der Waals surface area contributed by atoms with Gasteiger partial charge in [-0.05, 0) is 54.0 Å². The van der Waals surface area contributed by atoms with Gasteiger partial charge in [-0.25, -0.2) is 0 Å². The van der Waals surface area contributed by atoms with E-state index in [4.69, 9.17) is 11.6 Å². The lowest BCUT2D eigenvalue weighted by Gasteiger charge is -2.13. The van der Waals surface area contributed by atoms with Crippen LogP contribution in [0.3, 0.4) is 0 Å². The fourth-order valence-electron chi connectivity index (χ4n) is 2.40. The highest BCUT2D eigenvalue weighted by atomic mass is 35.5. The van der Waals surface area contributed by atoms with Crippen molar-refractivity contribution in [2.75, 3.05) is 19.0 Å². The zero-order chi connectivity index (χ0) is 19.1. The Morgan fingerprint density at radius 3 is 2.42 bits per heavy atom. The smallest absolute Gasteiger partial charge is 0.163 e. The van der Waals surface area contributed by atoms with Crippen molar-refractivity contribution in [1.82, 2.24) is 0 Å². The van der Waals surface area contributed by atoms with Crippen LogP contribution in [0.15, 0.2) is 48.5 Å². The molecule has 1 N–H and O–H groups in total. The summed E-state index contributed by atoms with van der Waals surface area (Å²) in [6.45, 7) is 0. The first kappa shape index (κ1) is 19.7. The Hall–Kier alpha value is -2.59. The number of allylic oxidation sites excluding steroid dienone is 1. The predicted molar refractivity (Wildman–Crippen MR) is 106 cm³/mol. The molecule has 0 unspecified atom stereocenters. The van der Waals surface area contributed by atoms with Crippen molar-refractivity contribution in [2.45, 2.75) is 19.3 Å². The van der Waals surface area contributed by atoms with Crippen LogP contribution >= 0.6 is 11.6 Å². The van der Waals surface area contributed by atoms with Crippen LogP contribution in [0.5, 0.6) is 5.75 Å². The number of anilines is 1. The van der Waals surface area contributed by atoms with Crippen molar-refractivity contribution in [3.63, 3.8) is 0 Å². The zero-order valence-corrected chi connectivity index (χ0v) is 15.7. The van der Waals surface area contributed by atoms with Crippen LogP contribution in [0.2, 0.25) is 5.02 Å². The molecule has 0 radical (unpaired) electrons. The van der Waals surface area contributed by atoms with E-state index < -0.39 is 0 Å². The fraction of sp³-hybridized carbons (Fsp3) is 0.238. The van der Waals surface area contributed by atoms with E-state index in [0.717, 1.165) is 16.8 Å². The second-order valence-corrected chi connectivity index (χ2v) is 6.69. The van der Waals surface area contributed by atoms with Crippen molar-refractivity contribution in [2.24, 2.45) is 0 Å². The van der Waals surface area contributed by atoms with E-state index in [2.05, 4.69) is 0 Å². The highest BCUT2D eigenvalue weighted by Crippen LogP contribution is 2.23. The Labute approximate surface area is 158 Å². The third-order valence-corrected chi connectivity index (χ3v) is 4.28. The number of phenols is 1. The molecule has 0 spiro atoms. The maximum absolute atomic E-state index is 12.0. The number of Topliss-reactive ketones (excluding diaryl/α,β-unsaturated/α-hetero) is 1. The first-order valence-electron chi connectivity index (χ1n) is 8.32. The van der Waals surface area contributed by atoms with Crippen LogP contribution in [-0.2, 0) is 16.0 Å². The molecule has 0 amide bonds. The Bertz CT molecular complexity index is 811. The van der Waals surface area contributed by atoms with E-state index in [1.54, 1.807) is 30.3 Å². The number of rotatable bonds is 8. The molecular formula is C21H22ClNO3. The standard InChI is InChI=1S/C21H22ClNO3/c1-23(2)17-8-6-16(21(22)13-17)7-12-20(26)14-19(25)11-5-15-3-9-18(24)10-4-15/h3-4,6-10,12-13,24H,5,11,14H2,1-2H3. The second-order valence-electron chi connectivity index (χ2n) is 6.28. The molecule has 0 aliphatic heterocycles. The molecule has 2 aromatic rings. The third kappa shape index (κ3) is 6.05. The monoisotopic (exact) mass is 371 g/mol. The van der Waals surface area contributed by atoms with Gasteiger partial charge >= 0.3 is 0 Å². The number of carbonyl (C=O) groups is 2. The number of halogens is 1. The van der Waals surface area contributed by atoms with Gasteiger partial charge in [0.1, 0.15) is 11.5 Å². The molecule has 2 rings (SSSR count). The molecular weight excluding hydrogens is 350 g/mol. The average Bonchev–Trinajstić information content (AvgIpc) is 2.60. The summed E-state index contributed by atoms with van der Waals surface area (Å²) in [5, 5.41) is 9.79. The van der Waals surface area contributed by atoms with E-state index in [9.17, 15) is 14.7 Å². The van der Waals surface area contributed by atoms with Gasteiger partial charge in [-0.3, -0.25) is 9.59 Å². The van der Waals surface area contributed by atoms with Crippen molar-refractivity contribution in [1.29, 1.82) is 0 Å². The van der Waals surface area contributed by atoms with E-state index in [1.165, 1.54) is 6.08 Å². The minimum Gasteiger partial charge on any atom is -0.508 e. The lowest BCUT2D eigenvalue weighted by Crippen LogP contribution is -2.08. The Morgan fingerprint density at radius 1 is 1.12 bits per heavy atom. The minimum atomic E-state index is -0.242. The van der Waals surface area contributed by atoms with E-state index in [0.29, 0.717) is 17.9 Å². The van der Waals surface area contributed by atoms with Gasteiger partial charge in [0.2, 0.25) is 0 Å². The number of nitrogens with zero attached hydrogens (tertiary/aromatic N) is 1. The maximum atomic E-state index is 12.0. The Balaban J connectivity index is 1.86. The van der Waals surface area contributed by atoms with Crippen molar-refractivity contribution >= 4 is 34.9 Å². The topological polar surface area (TPSA) is 57.6 Å². The number of aromatic hydroxyl groups is 1. The van der Waals surface area contributed by atoms with Crippen molar-refractivity contribution in [3.8, 4) is 5.75 Å². The van der Waals surface area contributed by atoms with Crippen molar-refractivity contribution in [3.05, 3.63) is 64.7 Å². The number of aryl methyl sites for hydroxylation is 1. The van der Waals surface area contributed by atoms with Gasteiger partial charge in [-0.1, -0.05) is 29.8 Å². The zero-order valence-electron chi connectivity index (χ0n) is 14.9. The number of benzene rings is 2. The van der Waals surface area contributed by atoms with Gasteiger partial charge in [0.25, 0.3) is 0 Å². The van der Waals surface area contributed by atoms with Gasteiger partial charge in [-0.15, -0.1) is 0 Å². The van der Waals surface area contributed by atoms with Crippen LogP contribution in [-0.4, -0.2) is 30.8 Å². The quantitative estimate of drug-likeness (QED) is 0.555. The molecule has 0 aliphatic carbocycles. The molecule has 0 fully saturated rings. The Morgan fingerprint density at radius 2 is 1.81 bits per heavy atom. The summed E-state index contributed by atoms with van der Waals surface area (Å²) < 4.78 is 0. The van der Waals surface area contributed by atoms with Gasteiger partial charge in [0.15, 0.2) is 5.78 Å². The molecule has 0 aliphatic rings. The van der Waals surface area contributed by atoms with Gasteiger partial charge < -0.3 is 10.0 Å². The van der Waals surface area contributed by atoms with E-state index >= 15 is 0 Å². The molecule has 26 heavy (non-hydrogen) atoms. The lowest BCUT2D eigenvalue weighted by atomic mass is 10.0. The van der Waals surface area contributed by atoms with E-state index in [-0.39, 0.29) is 23.7 Å². The summed E-state index contributed by atoms with van der Waals surface area (Å²) in [7, 11) is 3.85. The van der Waals surface area contributed by atoms with Crippen LogP contribution < -0.4 is 4.90 Å². The van der Waals surface area contributed by atoms with Gasteiger partial charge in [0, 0.05) is 31.2 Å². The van der Waals surface area contributed by atoms with Crippen LogP contribution in [0.25, 0.3) is 6.08 Å². The number of carbonyl (C=O) groups excluding carboxylic acids is 2. The van der Waals surface area contributed by atoms with Crippen LogP contribution in [0.4, 0.5) is 5.69 Å². The number of ketones is 2. The normalized spacial score (nSPS) is 10.9. The molecule has 0 aromatic heterocycles. The summed E-state index contributed by atoms with van der Waals surface area (Å²) in [6.07, 6.45) is 3.75. The molecule has 0 atom stereocenters. The third-order valence-electron chi connectivity index (χ3n) is 3.95. The number of hydrogen-bond donors (Lipinski definition) is 1. The summed E-state index contributed by atoms with van der Waals surface area (Å²) in [5.74, 6) is -0.159. The fourth-order valence-corrected chi connectivity index (χ4v) is 2.64. The first-order chi connectivity index (χ1) is 12.3. The summed E-state index contributed by atoms with van der Waals surface area (Å²) in [5.41, 5.74) is 2.66.